The van der Waals surface area contributed by atoms with Crippen LogP contribution in [0.5, 0.6) is 0 Å². The summed E-state index contributed by atoms with van der Waals surface area (Å²) in [5, 5.41) is 3.26. The summed E-state index contributed by atoms with van der Waals surface area (Å²) in [6, 6.07) is 0. The van der Waals surface area contributed by atoms with Gasteiger partial charge >= 0.3 is 0 Å². The molecule has 12 heavy (non-hydrogen) atoms. The van der Waals surface area contributed by atoms with Gasteiger partial charge in [0.1, 0.15) is 0 Å². The summed E-state index contributed by atoms with van der Waals surface area (Å²) in [7, 11) is 1.97. The molecule has 0 amide bonds. The van der Waals surface area contributed by atoms with Crippen LogP contribution in [0.15, 0.2) is 12.5 Å². The van der Waals surface area contributed by atoms with Crippen molar-refractivity contribution in [2.24, 2.45) is 12.8 Å². The van der Waals surface area contributed by atoms with Crippen LogP contribution in [0, 0.1) is 0 Å². The van der Waals surface area contributed by atoms with Gasteiger partial charge in [-0.25, -0.2) is 4.98 Å². The summed E-state index contributed by atoms with van der Waals surface area (Å²) in [5.74, 6) is 0. The lowest BCUT2D eigenvalue weighted by atomic mass is 10.4. The number of hydrogen-bond acceptors (Lipinski definition) is 3. The molecule has 1 rings (SSSR count). The fourth-order valence-corrected chi connectivity index (χ4v) is 1.00. The zero-order valence-electron chi connectivity index (χ0n) is 7.45. The van der Waals surface area contributed by atoms with Gasteiger partial charge in [-0.3, -0.25) is 0 Å². The molecule has 4 nitrogen and oxygen atoms in total. The Hall–Kier alpha value is -0.870. The molecule has 1 heterocycles. The van der Waals surface area contributed by atoms with E-state index in [-0.39, 0.29) is 0 Å². The van der Waals surface area contributed by atoms with Gasteiger partial charge < -0.3 is 15.6 Å². The van der Waals surface area contributed by atoms with Crippen LogP contribution in [0.2, 0.25) is 0 Å². The predicted octanol–water partition coefficient (Wildman–Crippen LogP) is -0.141. The first-order valence-electron chi connectivity index (χ1n) is 4.20. The molecule has 0 unspecified atom stereocenters. The van der Waals surface area contributed by atoms with Gasteiger partial charge in [0.05, 0.1) is 12.0 Å². The largest absolute Gasteiger partial charge is 0.340 e. The van der Waals surface area contributed by atoms with Crippen molar-refractivity contribution in [1.82, 2.24) is 14.9 Å². The van der Waals surface area contributed by atoms with Gasteiger partial charge in [0.15, 0.2) is 0 Å². The Morgan fingerprint density at radius 2 is 2.50 bits per heavy atom. The summed E-state index contributed by atoms with van der Waals surface area (Å²) in [4.78, 5) is 4.18. The number of rotatable bonds is 5. The number of aryl methyl sites for hydroxylation is 1. The molecule has 1 aromatic heterocycles. The van der Waals surface area contributed by atoms with E-state index < -0.39 is 0 Å². The van der Waals surface area contributed by atoms with Crippen LogP contribution >= 0.6 is 0 Å². The number of nitrogens with two attached hydrogens (primary N) is 1. The maximum Gasteiger partial charge on any atom is 0.0947 e. The third-order valence-electron chi connectivity index (χ3n) is 1.62. The highest BCUT2D eigenvalue weighted by molar-refractivity contribution is 4.95. The van der Waals surface area contributed by atoms with Gasteiger partial charge in [-0.15, -0.1) is 0 Å². The first kappa shape index (κ1) is 9.22. The second kappa shape index (κ2) is 4.90. The number of hydrogen-bond donors (Lipinski definition) is 2. The Kier molecular flexibility index (Phi) is 3.76. The Labute approximate surface area is 72.8 Å². The minimum Gasteiger partial charge on any atom is -0.340 e. The van der Waals surface area contributed by atoms with Gasteiger partial charge in [-0.05, 0) is 19.5 Å². The summed E-state index contributed by atoms with van der Waals surface area (Å²) in [6.45, 7) is 2.54. The van der Waals surface area contributed by atoms with E-state index in [1.54, 1.807) is 6.33 Å². The molecule has 0 spiro atoms. The van der Waals surface area contributed by atoms with E-state index in [1.807, 2.05) is 17.8 Å². The Morgan fingerprint density at radius 3 is 3.08 bits per heavy atom. The zero-order chi connectivity index (χ0) is 8.81. The number of nitrogens with zero attached hydrogens (tertiary/aromatic N) is 2. The smallest absolute Gasteiger partial charge is 0.0947 e. The molecule has 0 aliphatic carbocycles. The zero-order valence-corrected chi connectivity index (χ0v) is 7.45. The monoisotopic (exact) mass is 168 g/mol. The Bertz CT molecular complexity index is 219. The molecule has 0 aliphatic rings. The van der Waals surface area contributed by atoms with E-state index >= 15 is 0 Å². The van der Waals surface area contributed by atoms with Crippen LogP contribution in [0.4, 0.5) is 0 Å². The molecule has 0 bridgehead atoms. The highest BCUT2D eigenvalue weighted by atomic mass is 15.0. The van der Waals surface area contributed by atoms with Crippen molar-refractivity contribution in [2.75, 3.05) is 13.1 Å². The highest BCUT2D eigenvalue weighted by Gasteiger charge is 1.94. The van der Waals surface area contributed by atoms with Crippen LogP contribution in [0.25, 0.3) is 0 Å². The van der Waals surface area contributed by atoms with E-state index in [0.717, 1.165) is 31.7 Å². The van der Waals surface area contributed by atoms with Crippen molar-refractivity contribution in [3.63, 3.8) is 0 Å². The number of nitrogens with one attached hydrogen (secondary N) is 1. The molecular formula is C8H16N4. The van der Waals surface area contributed by atoms with E-state index in [9.17, 15) is 0 Å². The maximum absolute atomic E-state index is 5.35. The minimum absolute atomic E-state index is 0.745. The Morgan fingerprint density at radius 1 is 1.67 bits per heavy atom. The van der Waals surface area contributed by atoms with Crippen molar-refractivity contribution in [2.45, 2.75) is 13.0 Å². The first-order valence-corrected chi connectivity index (χ1v) is 4.20. The van der Waals surface area contributed by atoms with E-state index in [1.165, 1.54) is 0 Å². The number of imidazole rings is 1. The molecule has 3 N–H and O–H groups in total. The summed E-state index contributed by atoms with van der Waals surface area (Å²) < 4.78 is 1.94. The SMILES string of the molecule is Cn1cnc(CNCCCN)c1. The van der Waals surface area contributed by atoms with Crippen LogP contribution in [0.1, 0.15) is 12.1 Å². The molecule has 0 aliphatic heterocycles. The van der Waals surface area contributed by atoms with E-state index in [0.29, 0.717) is 0 Å². The Balaban J connectivity index is 2.15. The van der Waals surface area contributed by atoms with Crippen LogP contribution in [-0.4, -0.2) is 22.6 Å². The summed E-state index contributed by atoms with van der Waals surface area (Å²) in [5.41, 5.74) is 6.43. The molecular weight excluding hydrogens is 152 g/mol. The lowest BCUT2D eigenvalue weighted by Crippen LogP contribution is -2.17. The first-order chi connectivity index (χ1) is 5.83. The van der Waals surface area contributed by atoms with Crippen molar-refractivity contribution in [3.8, 4) is 0 Å². The molecule has 0 fully saturated rings. The quantitative estimate of drug-likeness (QED) is 0.602. The topological polar surface area (TPSA) is 55.9 Å². The average molecular weight is 168 g/mol. The van der Waals surface area contributed by atoms with Gasteiger partial charge in [0.25, 0.3) is 0 Å². The van der Waals surface area contributed by atoms with Gasteiger partial charge in [0.2, 0.25) is 0 Å². The molecule has 0 saturated heterocycles. The van der Waals surface area contributed by atoms with E-state index in [4.69, 9.17) is 5.73 Å². The predicted molar refractivity (Wildman–Crippen MR) is 48.6 cm³/mol. The number of aromatic nitrogens is 2. The fourth-order valence-electron chi connectivity index (χ4n) is 1.00. The maximum atomic E-state index is 5.35. The van der Waals surface area contributed by atoms with E-state index in [2.05, 4.69) is 10.3 Å². The third kappa shape index (κ3) is 3.02. The molecule has 68 valence electrons. The minimum atomic E-state index is 0.745. The van der Waals surface area contributed by atoms with Crippen molar-refractivity contribution < 1.29 is 0 Å². The standard InChI is InChI=1S/C8H16N4/c1-12-6-8(11-7-12)5-10-4-2-3-9/h6-7,10H,2-5,9H2,1H3. The van der Waals surface area contributed by atoms with Gasteiger partial charge in [0, 0.05) is 19.8 Å². The second-order valence-electron chi connectivity index (χ2n) is 2.85. The van der Waals surface area contributed by atoms with Crippen molar-refractivity contribution in [1.29, 1.82) is 0 Å². The molecule has 0 saturated carbocycles. The van der Waals surface area contributed by atoms with Crippen LogP contribution in [0.3, 0.4) is 0 Å². The molecule has 1 aromatic rings. The van der Waals surface area contributed by atoms with Crippen LogP contribution < -0.4 is 11.1 Å². The molecule has 0 aromatic carbocycles. The third-order valence-corrected chi connectivity index (χ3v) is 1.62. The average Bonchev–Trinajstić information content (AvgIpc) is 2.45. The summed E-state index contributed by atoms with van der Waals surface area (Å²) >= 11 is 0. The van der Waals surface area contributed by atoms with Crippen molar-refractivity contribution >= 4 is 0 Å². The molecule has 0 radical (unpaired) electrons. The molecule has 0 atom stereocenters. The van der Waals surface area contributed by atoms with Crippen molar-refractivity contribution in [3.05, 3.63) is 18.2 Å². The fraction of sp³-hybridized carbons (Fsp3) is 0.625. The lowest BCUT2D eigenvalue weighted by Gasteiger charge is -1.99. The second-order valence-corrected chi connectivity index (χ2v) is 2.85. The van der Waals surface area contributed by atoms with Gasteiger partial charge in [-0.2, -0.15) is 0 Å². The highest BCUT2D eigenvalue weighted by Crippen LogP contribution is 1.92. The normalized spacial score (nSPS) is 10.5. The van der Waals surface area contributed by atoms with Crippen LogP contribution in [-0.2, 0) is 13.6 Å². The lowest BCUT2D eigenvalue weighted by molar-refractivity contribution is 0.647. The molecule has 4 heteroatoms. The summed E-state index contributed by atoms with van der Waals surface area (Å²) in [6.07, 6.45) is 4.84. The van der Waals surface area contributed by atoms with Gasteiger partial charge in [-0.1, -0.05) is 0 Å².